The topological polar surface area (TPSA) is 95.1 Å². The van der Waals surface area contributed by atoms with Gasteiger partial charge in [-0.1, -0.05) is 24.6 Å². The Bertz CT molecular complexity index is 1210. The first-order valence-electron chi connectivity index (χ1n) is 9.77. The first-order chi connectivity index (χ1) is 14.6. The molecule has 0 aliphatic carbocycles. The minimum atomic E-state index is -3.74. The quantitative estimate of drug-likeness (QED) is 0.661. The molecular formula is C20H22ClN3O5S2. The summed E-state index contributed by atoms with van der Waals surface area (Å²) in [5.41, 5.74) is 1.10. The number of rotatable bonds is 4. The summed E-state index contributed by atoms with van der Waals surface area (Å²) in [5.74, 6) is -1.38. The monoisotopic (exact) mass is 483 g/mol. The van der Waals surface area contributed by atoms with Crippen molar-refractivity contribution in [1.29, 1.82) is 0 Å². The van der Waals surface area contributed by atoms with Gasteiger partial charge in [0.2, 0.25) is 26.0 Å². The van der Waals surface area contributed by atoms with Crippen LogP contribution in [-0.2, 0) is 24.8 Å². The average Bonchev–Trinajstić information content (AvgIpc) is 2.94. The van der Waals surface area contributed by atoms with Gasteiger partial charge in [0.25, 0.3) is 0 Å². The third kappa shape index (κ3) is 4.17. The molecule has 31 heavy (non-hydrogen) atoms. The highest BCUT2D eigenvalue weighted by atomic mass is 35.5. The number of hydrogen-bond acceptors (Lipinski definition) is 6. The molecule has 0 unspecified atom stereocenters. The third-order valence-corrected chi connectivity index (χ3v) is 9.50. The summed E-state index contributed by atoms with van der Waals surface area (Å²) in [6.07, 6.45) is 0. The molecule has 2 aromatic rings. The highest BCUT2D eigenvalue weighted by Crippen LogP contribution is 2.30. The summed E-state index contributed by atoms with van der Waals surface area (Å²) in [7, 11) is -7.48. The van der Waals surface area contributed by atoms with Crippen LogP contribution in [0, 0.1) is 5.92 Å². The molecule has 11 heteroatoms. The molecule has 2 aliphatic heterocycles. The number of hydrogen-bond donors (Lipinski definition) is 0. The number of amides is 1. The van der Waals surface area contributed by atoms with Gasteiger partial charge in [-0.25, -0.2) is 21.1 Å². The van der Waals surface area contributed by atoms with E-state index in [1.165, 1.54) is 28.6 Å². The van der Waals surface area contributed by atoms with Crippen LogP contribution in [0.5, 0.6) is 0 Å². The maximum absolute atomic E-state index is 13.0. The Labute approximate surface area is 187 Å². The number of anilines is 2. The van der Waals surface area contributed by atoms with E-state index in [1.807, 2.05) is 18.2 Å². The molecule has 2 heterocycles. The van der Waals surface area contributed by atoms with Gasteiger partial charge in [-0.15, -0.1) is 0 Å². The Kier molecular flexibility index (Phi) is 5.76. The first kappa shape index (κ1) is 22.1. The Morgan fingerprint density at radius 2 is 1.61 bits per heavy atom. The lowest BCUT2D eigenvalue weighted by Gasteiger charge is -2.35. The van der Waals surface area contributed by atoms with Gasteiger partial charge in [-0.05, 0) is 42.5 Å². The lowest BCUT2D eigenvalue weighted by molar-refractivity contribution is -0.119. The molecule has 0 aromatic heterocycles. The zero-order valence-corrected chi connectivity index (χ0v) is 19.2. The fourth-order valence-corrected chi connectivity index (χ4v) is 7.28. The molecule has 0 N–H and O–H groups in total. The second-order valence-corrected chi connectivity index (χ2v) is 11.9. The summed E-state index contributed by atoms with van der Waals surface area (Å²) >= 11 is 6.04. The zero-order chi connectivity index (χ0) is 22.4. The van der Waals surface area contributed by atoms with E-state index in [1.54, 1.807) is 13.0 Å². The number of carbonyl (C=O) groups excluding carboxylic acids is 1. The van der Waals surface area contributed by atoms with Crippen LogP contribution in [-0.4, -0.2) is 59.0 Å². The number of halogens is 1. The van der Waals surface area contributed by atoms with Crippen LogP contribution in [0.4, 0.5) is 11.4 Å². The lowest BCUT2D eigenvalue weighted by Crippen LogP contribution is -2.48. The van der Waals surface area contributed by atoms with E-state index in [9.17, 15) is 21.6 Å². The third-order valence-electron chi connectivity index (χ3n) is 5.48. The predicted molar refractivity (Wildman–Crippen MR) is 119 cm³/mol. The summed E-state index contributed by atoms with van der Waals surface area (Å²) in [5, 5.41) is 0.625. The second-order valence-electron chi connectivity index (χ2n) is 7.65. The minimum Gasteiger partial charge on any atom is -0.369 e. The molecule has 0 bridgehead atoms. The highest BCUT2D eigenvalue weighted by Gasteiger charge is 2.42. The molecule has 0 radical (unpaired) electrons. The number of sulfonamides is 2. The summed E-state index contributed by atoms with van der Waals surface area (Å²) < 4.78 is 52.8. The van der Waals surface area contributed by atoms with E-state index < -0.39 is 31.9 Å². The molecule has 2 saturated heterocycles. The van der Waals surface area contributed by atoms with E-state index in [4.69, 9.17) is 11.6 Å². The highest BCUT2D eigenvalue weighted by molar-refractivity contribution is 7.94. The molecule has 1 amide bonds. The van der Waals surface area contributed by atoms with Crippen molar-refractivity contribution in [3.8, 4) is 0 Å². The van der Waals surface area contributed by atoms with Crippen molar-refractivity contribution in [1.82, 2.24) is 4.31 Å². The zero-order valence-electron chi connectivity index (χ0n) is 16.8. The molecular weight excluding hydrogens is 462 g/mol. The standard InChI is InChI=1S/C20H22ClN3O5S2/c1-15-14-30(26,27)24(20(15)25)17-5-7-19(8-6-17)31(28,29)23-11-9-22(10-12-23)18-4-2-3-16(21)13-18/h2-8,13,15H,9-12,14H2,1H3/t15-/m0/s1. The fourth-order valence-electron chi connectivity index (χ4n) is 3.85. The predicted octanol–water partition coefficient (Wildman–Crippen LogP) is 2.16. The van der Waals surface area contributed by atoms with Gasteiger partial charge in [-0.2, -0.15) is 4.31 Å². The van der Waals surface area contributed by atoms with Crippen LogP contribution in [0.3, 0.4) is 0 Å². The smallest absolute Gasteiger partial charge is 0.244 e. The SMILES string of the molecule is C[C@H]1CS(=O)(=O)N(c2ccc(S(=O)(=O)N3CCN(c4cccc(Cl)c4)CC3)cc2)C1=O. The van der Waals surface area contributed by atoms with Gasteiger partial charge in [0.1, 0.15) is 0 Å². The summed E-state index contributed by atoms with van der Waals surface area (Å²) in [6, 6.07) is 12.8. The van der Waals surface area contributed by atoms with E-state index in [0.29, 0.717) is 31.2 Å². The maximum atomic E-state index is 13.0. The fraction of sp³-hybridized carbons (Fsp3) is 0.350. The molecule has 4 rings (SSSR count). The van der Waals surface area contributed by atoms with E-state index in [2.05, 4.69) is 4.90 Å². The van der Waals surface area contributed by atoms with Crippen molar-refractivity contribution in [2.75, 3.05) is 41.1 Å². The molecule has 166 valence electrons. The molecule has 2 fully saturated rings. The van der Waals surface area contributed by atoms with Crippen molar-refractivity contribution in [3.05, 3.63) is 53.6 Å². The first-order valence-corrected chi connectivity index (χ1v) is 13.2. The van der Waals surface area contributed by atoms with Gasteiger partial charge in [0, 0.05) is 36.9 Å². The Balaban J connectivity index is 1.49. The Morgan fingerprint density at radius 1 is 0.968 bits per heavy atom. The number of carbonyl (C=O) groups is 1. The van der Waals surface area contributed by atoms with Crippen molar-refractivity contribution in [3.63, 3.8) is 0 Å². The van der Waals surface area contributed by atoms with Crippen LogP contribution in [0.25, 0.3) is 0 Å². The Morgan fingerprint density at radius 3 is 2.16 bits per heavy atom. The van der Waals surface area contributed by atoms with Crippen LogP contribution < -0.4 is 9.21 Å². The van der Waals surface area contributed by atoms with Crippen molar-refractivity contribution in [2.45, 2.75) is 11.8 Å². The Hall–Kier alpha value is -2.14. The summed E-state index contributed by atoms with van der Waals surface area (Å²) in [6.45, 7) is 3.23. The van der Waals surface area contributed by atoms with Crippen molar-refractivity contribution >= 4 is 48.9 Å². The number of piperazine rings is 1. The normalized spacial score (nSPS) is 22.1. The van der Waals surface area contributed by atoms with Crippen LogP contribution in [0.1, 0.15) is 6.92 Å². The molecule has 8 nitrogen and oxygen atoms in total. The number of benzene rings is 2. The summed E-state index contributed by atoms with van der Waals surface area (Å²) in [4.78, 5) is 14.4. The average molecular weight is 484 g/mol. The van der Waals surface area contributed by atoms with E-state index >= 15 is 0 Å². The van der Waals surface area contributed by atoms with Crippen LogP contribution in [0.2, 0.25) is 5.02 Å². The molecule has 0 spiro atoms. The van der Waals surface area contributed by atoms with Gasteiger partial charge in [-0.3, -0.25) is 4.79 Å². The minimum absolute atomic E-state index is 0.0598. The lowest BCUT2D eigenvalue weighted by atomic mass is 10.2. The van der Waals surface area contributed by atoms with Crippen LogP contribution in [0.15, 0.2) is 53.4 Å². The van der Waals surface area contributed by atoms with Gasteiger partial charge in [0.15, 0.2) is 0 Å². The van der Waals surface area contributed by atoms with Crippen LogP contribution >= 0.6 is 11.6 Å². The van der Waals surface area contributed by atoms with Gasteiger partial charge in [0.05, 0.1) is 22.3 Å². The van der Waals surface area contributed by atoms with Crippen molar-refractivity contribution < 1.29 is 21.6 Å². The van der Waals surface area contributed by atoms with Crippen molar-refractivity contribution in [2.24, 2.45) is 5.92 Å². The van der Waals surface area contributed by atoms with Gasteiger partial charge < -0.3 is 4.90 Å². The molecule has 2 aromatic carbocycles. The molecule has 0 saturated carbocycles. The van der Waals surface area contributed by atoms with Gasteiger partial charge >= 0.3 is 0 Å². The largest absolute Gasteiger partial charge is 0.369 e. The maximum Gasteiger partial charge on any atom is 0.244 e. The molecule has 2 aliphatic rings. The van der Waals surface area contributed by atoms with E-state index in [0.717, 1.165) is 9.99 Å². The number of nitrogens with zero attached hydrogens (tertiary/aromatic N) is 3. The van der Waals surface area contributed by atoms with E-state index in [-0.39, 0.29) is 16.3 Å². The molecule has 1 atom stereocenters. The second kappa shape index (κ2) is 8.09.